The summed E-state index contributed by atoms with van der Waals surface area (Å²) in [6.07, 6.45) is 8.47. The third kappa shape index (κ3) is 5.22. The topological polar surface area (TPSA) is 24.5 Å². The van der Waals surface area contributed by atoms with E-state index in [-0.39, 0.29) is 0 Å². The molecule has 21 heavy (non-hydrogen) atoms. The monoisotopic (exact) mass is 296 g/mol. The van der Waals surface area contributed by atoms with Gasteiger partial charge in [0.25, 0.3) is 0 Å². The van der Waals surface area contributed by atoms with E-state index in [9.17, 15) is 0 Å². The first-order valence-electron chi connectivity index (χ1n) is 9.22. The maximum atomic E-state index is 5.84. The highest BCUT2D eigenvalue weighted by molar-refractivity contribution is 4.90. The molecule has 0 aromatic rings. The Balaban J connectivity index is 1.91. The summed E-state index contributed by atoms with van der Waals surface area (Å²) in [5.74, 6) is 0.928. The zero-order valence-corrected chi connectivity index (χ0v) is 14.5. The fourth-order valence-corrected chi connectivity index (χ4v) is 3.94. The predicted octanol–water partition coefficient (Wildman–Crippen LogP) is 3.29. The van der Waals surface area contributed by atoms with Crippen molar-refractivity contribution in [1.82, 2.24) is 10.2 Å². The van der Waals surface area contributed by atoms with Crippen LogP contribution >= 0.6 is 0 Å². The number of hydrogen-bond acceptors (Lipinski definition) is 3. The van der Waals surface area contributed by atoms with Crippen LogP contribution in [0.15, 0.2) is 0 Å². The standard InChI is InChI=1S/C18H36N2O/c1-4-10-19-14-18(8-6-16(3)7-9-18)15-20-11-12-21-17(5-2)13-20/h16-17,19H,4-15H2,1-3H3. The minimum Gasteiger partial charge on any atom is -0.376 e. The lowest BCUT2D eigenvalue weighted by molar-refractivity contribution is -0.0477. The lowest BCUT2D eigenvalue weighted by Gasteiger charge is -2.45. The van der Waals surface area contributed by atoms with Crippen molar-refractivity contribution < 1.29 is 4.74 Å². The van der Waals surface area contributed by atoms with Crippen LogP contribution in [0.3, 0.4) is 0 Å². The van der Waals surface area contributed by atoms with E-state index in [0.717, 1.165) is 38.6 Å². The minimum absolute atomic E-state index is 0.460. The molecule has 2 rings (SSSR count). The zero-order valence-electron chi connectivity index (χ0n) is 14.5. The summed E-state index contributed by atoms with van der Waals surface area (Å²) in [6, 6.07) is 0. The van der Waals surface area contributed by atoms with Gasteiger partial charge in [-0.25, -0.2) is 0 Å². The number of morpholine rings is 1. The first-order valence-corrected chi connectivity index (χ1v) is 9.22. The average molecular weight is 296 g/mol. The lowest BCUT2D eigenvalue weighted by atomic mass is 9.70. The van der Waals surface area contributed by atoms with E-state index >= 15 is 0 Å². The molecular weight excluding hydrogens is 260 g/mol. The molecule has 0 aromatic heterocycles. The lowest BCUT2D eigenvalue weighted by Crippen LogP contribution is -2.51. The van der Waals surface area contributed by atoms with E-state index in [4.69, 9.17) is 4.74 Å². The van der Waals surface area contributed by atoms with Crippen LogP contribution in [0.4, 0.5) is 0 Å². The van der Waals surface area contributed by atoms with Gasteiger partial charge in [0, 0.05) is 26.2 Å². The first kappa shape index (κ1) is 17.2. The Bertz CT molecular complexity index is 287. The van der Waals surface area contributed by atoms with E-state index in [0.29, 0.717) is 11.5 Å². The number of nitrogens with one attached hydrogen (secondary N) is 1. The van der Waals surface area contributed by atoms with Gasteiger partial charge in [-0.3, -0.25) is 4.90 Å². The second-order valence-corrected chi connectivity index (χ2v) is 7.50. The van der Waals surface area contributed by atoms with Crippen molar-refractivity contribution in [3.05, 3.63) is 0 Å². The molecule has 1 aliphatic carbocycles. The molecule has 0 radical (unpaired) electrons. The first-order chi connectivity index (χ1) is 10.2. The van der Waals surface area contributed by atoms with Crippen LogP contribution in [0.1, 0.15) is 59.3 Å². The SMILES string of the molecule is CCCNCC1(CN2CCOC(CC)C2)CCC(C)CC1. The van der Waals surface area contributed by atoms with Gasteiger partial charge in [-0.1, -0.05) is 33.6 Å². The van der Waals surface area contributed by atoms with Crippen molar-refractivity contribution in [2.45, 2.75) is 65.4 Å². The van der Waals surface area contributed by atoms with Crippen LogP contribution < -0.4 is 5.32 Å². The van der Waals surface area contributed by atoms with Crippen molar-refractivity contribution in [1.29, 1.82) is 0 Å². The van der Waals surface area contributed by atoms with Gasteiger partial charge < -0.3 is 10.1 Å². The maximum Gasteiger partial charge on any atom is 0.0700 e. The number of hydrogen-bond donors (Lipinski definition) is 1. The Morgan fingerprint density at radius 1 is 1.24 bits per heavy atom. The van der Waals surface area contributed by atoms with Crippen LogP contribution in [0.25, 0.3) is 0 Å². The number of ether oxygens (including phenoxy) is 1. The summed E-state index contributed by atoms with van der Waals surface area (Å²) in [5, 5.41) is 3.72. The summed E-state index contributed by atoms with van der Waals surface area (Å²) in [7, 11) is 0. The largest absolute Gasteiger partial charge is 0.376 e. The van der Waals surface area contributed by atoms with Gasteiger partial charge in [-0.2, -0.15) is 0 Å². The number of rotatable bonds is 7. The molecule has 2 fully saturated rings. The molecule has 124 valence electrons. The van der Waals surface area contributed by atoms with Crippen molar-refractivity contribution >= 4 is 0 Å². The highest BCUT2D eigenvalue weighted by Crippen LogP contribution is 2.39. The van der Waals surface area contributed by atoms with E-state index in [1.807, 2.05) is 0 Å². The Hall–Kier alpha value is -0.120. The highest BCUT2D eigenvalue weighted by atomic mass is 16.5. The van der Waals surface area contributed by atoms with Gasteiger partial charge in [0.1, 0.15) is 0 Å². The fourth-order valence-electron chi connectivity index (χ4n) is 3.94. The van der Waals surface area contributed by atoms with Crippen LogP contribution in [0.5, 0.6) is 0 Å². The van der Waals surface area contributed by atoms with Crippen LogP contribution in [0.2, 0.25) is 0 Å². The molecule has 1 heterocycles. The smallest absolute Gasteiger partial charge is 0.0700 e. The highest BCUT2D eigenvalue weighted by Gasteiger charge is 2.36. The van der Waals surface area contributed by atoms with E-state index in [2.05, 4.69) is 31.0 Å². The molecule has 1 unspecified atom stereocenters. The Morgan fingerprint density at radius 3 is 2.67 bits per heavy atom. The van der Waals surface area contributed by atoms with Crippen molar-refractivity contribution in [2.24, 2.45) is 11.3 Å². The number of nitrogens with zero attached hydrogens (tertiary/aromatic N) is 1. The second-order valence-electron chi connectivity index (χ2n) is 7.50. The normalized spacial score (nSPS) is 35.0. The van der Waals surface area contributed by atoms with Gasteiger partial charge in [-0.15, -0.1) is 0 Å². The molecule has 2 aliphatic rings. The summed E-state index contributed by atoms with van der Waals surface area (Å²) in [4.78, 5) is 2.68. The third-order valence-electron chi connectivity index (χ3n) is 5.50. The van der Waals surface area contributed by atoms with E-state index in [1.165, 1.54) is 45.2 Å². The zero-order chi connectivity index (χ0) is 15.1. The molecule has 1 saturated heterocycles. The predicted molar refractivity (Wildman–Crippen MR) is 89.7 cm³/mol. The van der Waals surface area contributed by atoms with Crippen LogP contribution in [-0.2, 0) is 4.74 Å². The Kier molecular flexibility index (Phi) is 6.97. The van der Waals surface area contributed by atoms with Gasteiger partial charge in [0.2, 0.25) is 0 Å². The molecule has 1 aliphatic heterocycles. The van der Waals surface area contributed by atoms with Gasteiger partial charge >= 0.3 is 0 Å². The summed E-state index contributed by atoms with van der Waals surface area (Å²) >= 11 is 0. The quantitative estimate of drug-likeness (QED) is 0.730. The van der Waals surface area contributed by atoms with Crippen LogP contribution in [0, 0.1) is 11.3 Å². The minimum atomic E-state index is 0.460. The molecule has 0 bridgehead atoms. The van der Waals surface area contributed by atoms with Crippen molar-refractivity contribution in [2.75, 3.05) is 39.3 Å². The van der Waals surface area contributed by atoms with Gasteiger partial charge in [0.15, 0.2) is 0 Å². The second kappa shape index (κ2) is 8.50. The Labute approximate surface area is 131 Å². The fraction of sp³-hybridized carbons (Fsp3) is 1.00. The maximum absolute atomic E-state index is 5.84. The molecule has 3 nitrogen and oxygen atoms in total. The van der Waals surface area contributed by atoms with Crippen molar-refractivity contribution in [3.8, 4) is 0 Å². The average Bonchev–Trinajstić information content (AvgIpc) is 2.51. The molecule has 0 spiro atoms. The molecule has 1 saturated carbocycles. The molecule has 0 amide bonds. The summed E-state index contributed by atoms with van der Waals surface area (Å²) < 4.78 is 5.84. The molecule has 1 N–H and O–H groups in total. The third-order valence-corrected chi connectivity index (χ3v) is 5.50. The molecule has 3 heteroatoms. The van der Waals surface area contributed by atoms with Crippen molar-refractivity contribution in [3.63, 3.8) is 0 Å². The molecule has 0 aromatic carbocycles. The summed E-state index contributed by atoms with van der Waals surface area (Å²) in [5.41, 5.74) is 0.511. The Morgan fingerprint density at radius 2 is 2.00 bits per heavy atom. The summed E-state index contributed by atoms with van der Waals surface area (Å²) in [6.45, 7) is 13.8. The molecule has 1 atom stereocenters. The van der Waals surface area contributed by atoms with Crippen LogP contribution in [-0.4, -0.2) is 50.3 Å². The molecular formula is C18H36N2O. The van der Waals surface area contributed by atoms with Gasteiger partial charge in [-0.05, 0) is 43.6 Å². The van der Waals surface area contributed by atoms with Gasteiger partial charge in [0.05, 0.1) is 12.7 Å². The van der Waals surface area contributed by atoms with E-state index < -0.39 is 0 Å². The van der Waals surface area contributed by atoms with E-state index in [1.54, 1.807) is 0 Å².